The van der Waals surface area contributed by atoms with E-state index in [0.717, 1.165) is 36.2 Å². The SMILES string of the molecule is CN(C)C(=O)[C@H](Sc1nnc(CN2CCCC2)n1Cc1ccccc1)c1ccccc1. The van der Waals surface area contributed by atoms with Crippen molar-refractivity contribution in [2.45, 2.75) is 36.3 Å². The Balaban J connectivity index is 1.66. The highest BCUT2D eigenvalue weighted by molar-refractivity contribution is 8.00. The minimum absolute atomic E-state index is 0.0477. The lowest BCUT2D eigenvalue weighted by Gasteiger charge is -2.21. The third-order valence-corrected chi connectivity index (χ3v) is 6.75. The second-order valence-electron chi connectivity index (χ2n) is 8.10. The molecule has 1 aromatic heterocycles. The lowest BCUT2D eigenvalue weighted by atomic mass is 10.1. The van der Waals surface area contributed by atoms with Crippen LogP contribution >= 0.6 is 11.8 Å². The van der Waals surface area contributed by atoms with E-state index in [2.05, 4.69) is 43.9 Å². The molecule has 1 atom stereocenters. The third-order valence-electron chi connectivity index (χ3n) is 5.53. The van der Waals surface area contributed by atoms with Crippen LogP contribution in [0.1, 0.15) is 35.0 Å². The van der Waals surface area contributed by atoms with Gasteiger partial charge in [0.05, 0.1) is 13.1 Å². The largest absolute Gasteiger partial charge is 0.348 e. The summed E-state index contributed by atoms with van der Waals surface area (Å²) < 4.78 is 2.18. The summed E-state index contributed by atoms with van der Waals surface area (Å²) in [7, 11) is 3.60. The number of likely N-dealkylation sites (tertiary alicyclic amines) is 1. The zero-order valence-electron chi connectivity index (χ0n) is 18.1. The first kappa shape index (κ1) is 21.6. The van der Waals surface area contributed by atoms with Gasteiger partial charge in [-0.25, -0.2) is 0 Å². The van der Waals surface area contributed by atoms with Gasteiger partial charge in [0.25, 0.3) is 0 Å². The molecule has 2 aromatic carbocycles. The van der Waals surface area contributed by atoms with Crippen LogP contribution in [0.15, 0.2) is 65.8 Å². The minimum Gasteiger partial charge on any atom is -0.348 e. The molecule has 0 spiro atoms. The molecule has 1 aliphatic rings. The molecule has 1 fully saturated rings. The lowest BCUT2D eigenvalue weighted by molar-refractivity contribution is -0.128. The molecular weight excluding hydrogens is 406 g/mol. The van der Waals surface area contributed by atoms with Gasteiger partial charge in [-0.1, -0.05) is 72.4 Å². The summed E-state index contributed by atoms with van der Waals surface area (Å²) in [5.74, 6) is 1.00. The molecule has 0 bridgehead atoms. The van der Waals surface area contributed by atoms with E-state index >= 15 is 0 Å². The lowest BCUT2D eigenvalue weighted by Crippen LogP contribution is -2.27. The van der Waals surface area contributed by atoms with Crippen molar-refractivity contribution in [2.75, 3.05) is 27.2 Å². The van der Waals surface area contributed by atoms with Gasteiger partial charge in [0.2, 0.25) is 5.91 Å². The molecule has 0 aliphatic carbocycles. The van der Waals surface area contributed by atoms with E-state index in [1.54, 1.807) is 19.0 Å². The standard InChI is InChI=1S/C24H29N5OS/c1-27(2)23(30)22(20-13-7-4-8-14-20)31-24-26-25-21(18-28-15-9-10-16-28)29(24)17-19-11-5-3-6-12-19/h3-8,11-14,22H,9-10,15-18H2,1-2H3/t22-/m1/s1. The Kier molecular flexibility index (Phi) is 7.04. The van der Waals surface area contributed by atoms with Crippen LogP contribution in [0.3, 0.4) is 0 Å². The van der Waals surface area contributed by atoms with Gasteiger partial charge in [-0.3, -0.25) is 9.69 Å². The van der Waals surface area contributed by atoms with Crippen LogP contribution in [0.2, 0.25) is 0 Å². The molecular formula is C24H29N5OS. The molecule has 4 rings (SSSR count). The van der Waals surface area contributed by atoms with Crippen molar-refractivity contribution >= 4 is 17.7 Å². The van der Waals surface area contributed by atoms with Gasteiger partial charge in [-0.2, -0.15) is 0 Å². The first-order valence-electron chi connectivity index (χ1n) is 10.7. The topological polar surface area (TPSA) is 54.3 Å². The van der Waals surface area contributed by atoms with Crippen molar-refractivity contribution in [3.05, 3.63) is 77.6 Å². The Morgan fingerprint density at radius 1 is 0.968 bits per heavy atom. The number of benzene rings is 2. The van der Waals surface area contributed by atoms with Gasteiger partial charge < -0.3 is 9.47 Å². The van der Waals surface area contributed by atoms with Crippen LogP contribution in [0, 0.1) is 0 Å². The minimum atomic E-state index is -0.366. The number of carbonyl (C=O) groups excluding carboxylic acids is 1. The summed E-state index contributed by atoms with van der Waals surface area (Å²) in [6, 6.07) is 20.3. The molecule has 0 radical (unpaired) electrons. The Bertz CT molecular complexity index is 984. The number of thioether (sulfide) groups is 1. The molecule has 1 amide bonds. The molecule has 0 N–H and O–H groups in total. The normalized spacial score (nSPS) is 15.2. The first-order chi connectivity index (χ1) is 15.1. The highest BCUT2D eigenvalue weighted by atomic mass is 32.2. The molecule has 0 saturated carbocycles. The maximum absolute atomic E-state index is 13.0. The third kappa shape index (κ3) is 5.35. The molecule has 1 saturated heterocycles. The van der Waals surface area contributed by atoms with Crippen LogP contribution in [0.5, 0.6) is 0 Å². The van der Waals surface area contributed by atoms with Crippen molar-refractivity contribution in [1.82, 2.24) is 24.6 Å². The average molecular weight is 436 g/mol. The Morgan fingerprint density at radius 3 is 2.26 bits per heavy atom. The number of hydrogen-bond donors (Lipinski definition) is 0. The molecule has 162 valence electrons. The van der Waals surface area contributed by atoms with E-state index in [0.29, 0.717) is 6.54 Å². The quantitative estimate of drug-likeness (QED) is 0.503. The fourth-order valence-electron chi connectivity index (χ4n) is 3.82. The van der Waals surface area contributed by atoms with E-state index in [9.17, 15) is 4.79 Å². The molecule has 7 heteroatoms. The number of aromatic nitrogens is 3. The zero-order chi connectivity index (χ0) is 21.6. The van der Waals surface area contributed by atoms with Gasteiger partial charge in [0.15, 0.2) is 5.16 Å². The van der Waals surface area contributed by atoms with Crippen LogP contribution in [-0.2, 0) is 17.9 Å². The summed E-state index contributed by atoms with van der Waals surface area (Å²) >= 11 is 1.48. The van der Waals surface area contributed by atoms with E-state index in [1.165, 1.54) is 30.2 Å². The predicted molar refractivity (Wildman–Crippen MR) is 124 cm³/mol. The fraction of sp³-hybridized carbons (Fsp3) is 0.375. The highest BCUT2D eigenvalue weighted by Crippen LogP contribution is 2.36. The van der Waals surface area contributed by atoms with E-state index in [4.69, 9.17) is 0 Å². The first-order valence-corrected chi connectivity index (χ1v) is 11.6. The fourth-order valence-corrected chi connectivity index (χ4v) is 5.02. The monoisotopic (exact) mass is 435 g/mol. The van der Waals surface area contributed by atoms with Crippen LogP contribution < -0.4 is 0 Å². The number of nitrogens with zero attached hydrogens (tertiary/aromatic N) is 5. The van der Waals surface area contributed by atoms with E-state index in [-0.39, 0.29) is 11.2 Å². The summed E-state index contributed by atoms with van der Waals surface area (Å²) in [5, 5.41) is 9.51. The molecule has 6 nitrogen and oxygen atoms in total. The van der Waals surface area contributed by atoms with Gasteiger partial charge in [0, 0.05) is 14.1 Å². The summed E-state index contributed by atoms with van der Waals surface area (Å²) in [6.07, 6.45) is 2.48. The summed E-state index contributed by atoms with van der Waals surface area (Å²) in [6.45, 7) is 3.69. The number of hydrogen-bond acceptors (Lipinski definition) is 5. The molecule has 2 heterocycles. The smallest absolute Gasteiger partial charge is 0.240 e. The number of likely N-dealkylation sites (N-methyl/N-ethyl adjacent to an activating group) is 1. The number of amides is 1. The molecule has 0 unspecified atom stereocenters. The maximum atomic E-state index is 13.0. The van der Waals surface area contributed by atoms with Crippen LogP contribution in [-0.4, -0.2) is 57.7 Å². The second kappa shape index (κ2) is 10.1. The average Bonchev–Trinajstić information content (AvgIpc) is 3.44. The van der Waals surface area contributed by atoms with E-state index in [1.807, 2.05) is 36.4 Å². The zero-order valence-corrected chi connectivity index (χ0v) is 19.0. The molecule has 31 heavy (non-hydrogen) atoms. The predicted octanol–water partition coefficient (Wildman–Crippen LogP) is 3.84. The van der Waals surface area contributed by atoms with Crippen LogP contribution in [0.4, 0.5) is 0 Å². The van der Waals surface area contributed by atoms with Gasteiger partial charge in [-0.05, 0) is 37.1 Å². The maximum Gasteiger partial charge on any atom is 0.240 e. The number of rotatable bonds is 8. The van der Waals surface area contributed by atoms with E-state index < -0.39 is 0 Å². The molecule has 1 aliphatic heterocycles. The van der Waals surface area contributed by atoms with Crippen LogP contribution in [0.25, 0.3) is 0 Å². The van der Waals surface area contributed by atoms with Crippen molar-refractivity contribution in [3.63, 3.8) is 0 Å². The van der Waals surface area contributed by atoms with Gasteiger partial charge in [0.1, 0.15) is 11.1 Å². The highest BCUT2D eigenvalue weighted by Gasteiger charge is 2.27. The van der Waals surface area contributed by atoms with Crippen molar-refractivity contribution < 1.29 is 4.79 Å². The van der Waals surface area contributed by atoms with Gasteiger partial charge in [-0.15, -0.1) is 10.2 Å². The number of carbonyl (C=O) groups is 1. The molecule has 3 aromatic rings. The summed E-state index contributed by atoms with van der Waals surface area (Å²) in [4.78, 5) is 17.1. The second-order valence-corrected chi connectivity index (χ2v) is 9.17. The van der Waals surface area contributed by atoms with Crippen molar-refractivity contribution in [3.8, 4) is 0 Å². The van der Waals surface area contributed by atoms with Crippen molar-refractivity contribution in [1.29, 1.82) is 0 Å². The Hall–Kier alpha value is -2.64. The van der Waals surface area contributed by atoms with Gasteiger partial charge >= 0.3 is 0 Å². The Morgan fingerprint density at radius 2 is 1.61 bits per heavy atom. The Labute approximate surface area is 188 Å². The summed E-state index contributed by atoms with van der Waals surface area (Å²) in [5.41, 5.74) is 2.17. The van der Waals surface area contributed by atoms with Crippen molar-refractivity contribution in [2.24, 2.45) is 0 Å².